The highest BCUT2D eigenvalue weighted by atomic mass is 32.2. The van der Waals surface area contributed by atoms with E-state index in [0.717, 1.165) is 35.0 Å². The third-order valence-corrected chi connectivity index (χ3v) is 6.12. The minimum Gasteiger partial charge on any atom is -0.376 e. The molecule has 2 heterocycles. The Balaban J connectivity index is 1.56. The number of hydrogen-bond donors (Lipinski definition) is 1. The van der Waals surface area contributed by atoms with E-state index in [1.165, 1.54) is 23.1 Å². The number of nitrogens with zero attached hydrogens (tertiary/aromatic N) is 2. The second kappa shape index (κ2) is 8.24. The zero-order valence-corrected chi connectivity index (χ0v) is 15.8. The zero-order valence-electron chi connectivity index (χ0n) is 13.4. The molecule has 0 saturated carbocycles. The maximum absolute atomic E-state index is 11.9. The normalized spacial score (nSPS) is 17.1. The summed E-state index contributed by atoms with van der Waals surface area (Å²) in [6.07, 6.45) is 2.27. The molecule has 1 aromatic carbocycles. The quantitative estimate of drug-likeness (QED) is 0.614. The Kier molecular flexibility index (Phi) is 6.04. The molecule has 0 spiro atoms. The number of nitrogens with one attached hydrogen (secondary N) is 1. The molecular formula is C16H19N3O2S3. The van der Waals surface area contributed by atoms with Gasteiger partial charge in [-0.15, -0.1) is 5.10 Å². The Hall–Kier alpha value is -1.22. The Bertz CT molecular complexity index is 766. The van der Waals surface area contributed by atoms with Crippen LogP contribution in [0.25, 0.3) is 5.69 Å². The molecule has 8 heteroatoms. The van der Waals surface area contributed by atoms with Gasteiger partial charge in [-0.3, -0.25) is 4.79 Å². The molecule has 2 aromatic rings. The number of aromatic nitrogens is 2. The molecule has 1 atom stereocenters. The fourth-order valence-electron chi connectivity index (χ4n) is 2.48. The van der Waals surface area contributed by atoms with Gasteiger partial charge >= 0.3 is 0 Å². The zero-order chi connectivity index (χ0) is 16.9. The van der Waals surface area contributed by atoms with Gasteiger partial charge in [-0.1, -0.05) is 41.3 Å². The van der Waals surface area contributed by atoms with Crippen molar-refractivity contribution in [2.24, 2.45) is 0 Å². The molecule has 128 valence electrons. The first-order valence-corrected chi connectivity index (χ1v) is 10.0. The molecule has 0 radical (unpaired) electrons. The Morgan fingerprint density at radius 2 is 2.38 bits per heavy atom. The van der Waals surface area contributed by atoms with E-state index in [2.05, 4.69) is 10.4 Å². The minimum absolute atomic E-state index is 0.000870. The number of para-hydroxylation sites is 1. The first-order chi connectivity index (χ1) is 11.6. The van der Waals surface area contributed by atoms with Crippen LogP contribution in [0.3, 0.4) is 0 Å². The molecule has 5 nitrogen and oxygen atoms in total. The van der Waals surface area contributed by atoms with Gasteiger partial charge in [0.2, 0.25) is 5.91 Å². The molecule has 1 fully saturated rings. The van der Waals surface area contributed by atoms with Crippen molar-refractivity contribution < 1.29 is 9.53 Å². The molecule has 24 heavy (non-hydrogen) atoms. The van der Waals surface area contributed by atoms with E-state index in [1.54, 1.807) is 4.68 Å². The van der Waals surface area contributed by atoms with Crippen LogP contribution in [0, 0.1) is 10.9 Å². The largest absolute Gasteiger partial charge is 0.376 e. The van der Waals surface area contributed by atoms with Crippen molar-refractivity contribution in [1.82, 2.24) is 15.1 Å². The molecule has 0 unspecified atom stereocenters. The van der Waals surface area contributed by atoms with E-state index >= 15 is 0 Å². The van der Waals surface area contributed by atoms with Crippen LogP contribution in [0.2, 0.25) is 0 Å². The summed E-state index contributed by atoms with van der Waals surface area (Å²) in [5.41, 5.74) is 2.10. The van der Waals surface area contributed by atoms with Crippen molar-refractivity contribution in [3.05, 3.63) is 33.8 Å². The van der Waals surface area contributed by atoms with Gasteiger partial charge in [0.05, 0.1) is 17.5 Å². The Labute approximate surface area is 154 Å². The molecule has 1 aliphatic rings. The minimum atomic E-state index is -0.000870. The Morgan fingerprint density at radius 3 is 3.12 bits per heavy atom. The first-order valence-electron chi connectivity index (χ1n) is 7.81. The fraction of sp³-hybridized carbons (Fsp3) is 0.438. The van der Waals surface area contributed by atoms with E-state index in [-0.39, 0.29) is 12.0 Å². The molecule has 3 rings (SSSR count). The standard InChI is InChI=1S/C16H19N3O2S3/c1-11-5-2-3-7-13(11)19-16(22)24-15(18-19)23-10-14(20)17-9-12-6-4-8-21-12/h2-3,5,7,12H,4,6,8-10H2,1H3,(H,17,20)/t12-/m1/s1. The number of thioether (sulfide) groups is 1. The van der Waals surface area contributed by atoms with E-state index in [1.807, 2.05) is 31.2 Å². The highest BCUT2D eigenvalue weighted by Gasteiger charge is 2.16. The summed E-state index contributed by atoms with van der Waals surface area (Å²) in [5, 5.41) is 7.46. The van der Waals surface area contributed by atoms with E-state index < -0.39 is 0 Å². The summed E-state index contributed by atoms with van der Waals surface area (Å²) < 4.78 is 8.75. The predicted molar refractivity (Wildman–Crippen MR) is 99.7 cm³/mol. The number of carbonyl (C=O) groups excluding carboxylic acids is 1. The average molecular weight is 382 g/mol. The van der Waals surface area contributed by atoms with Crippen molar-refractivity contribution in [1.29, 1.82) is 0 Å². The number of carbonyl (C=O) groups is 1. The molecular weight excluding hydrogens is 362 g/mol. The van der Waals surface area contributed by atoms with Crippen molar-refractivity contribution in [2.45, 2.75) is 30.2 Å². The lowest BCUT2D eigenvalue weighted by Crippen LogP contribution is -2.32. The lowest BCUT2D eigenvalue weighted by atomic mass is 10.2. The van der Waals surface area contributed by atoms with Crippen molar-refractivity contribution in [3.63, 3.8) is 0 Å². The van der Waals surface area contributed by atoms with Crippen molar-refractivity contribution in [2.75, 3.05) is 18.9 Å². The molecule has 0 aliphatic carbocycles. The Morgan fingerprint density at radius 1 is 1.54 bits per heavy atom. The van der Waals surface area contributed by atoms with Crippen LogP contribution in [0.1, 0.15) is 18.4 Å². The fourth-order valence-corrected chi connectivity index (χ4v) is 4.66. The van der Waals surface area contributed by atoms with Gasteiger partial charge in [0.25, 0.3) is 0 Å². The van der Waals surface area contributed by atoms with Gasteiger partial charge in [-0.2, -0.15) is 0 Å². The molecule has 0 bridgehead atoms. The van der Waals surface area contributed by atoms with Gasteiger partial charge in [-0.05, 0) is 43.6 Å². The summed E-state index contributed by atoms with van der Waals surface area (Å²) in [7, 11) is 0. The number of amides is 1. The van der Waals surface area contributed by atoms with Crippen molar-refractivity contribution in [3.8, 4) is 5.69 Å². The number of ether oxygens (including phenoxy) is 1. The maximum atomic E-state index is 11.9. The van der Waals surface area contributed by atoms with Gasteiger partial charge in [0.1, 0.15) is 0 Å². The molecule has 1 amide bonds. The predicted octanol–water partition coefficient (Wildman–Crippen LogP) is 3.36. The summed E-state index contributed by atoms with van der Waals surface area (Å²) in [6, 6.07) is 7.98. The summed E-state index contributed by atoms with van der Waals surface area (Å²) in [4.78, 5) is 11.9. The lowest BCUT2D eigenvalue weighted by molar-refractivity contribution is -0.119. The second-order valence-corrected chi connectivity index (χ2v) is 8.41. The topological polar surface area (TPSA) is 56.2 Å². The van der Waals surface area contributed by atoms with Crippen LogP contribution >= 0.6 is 35.3 Å². The van der Waals surface area contributed by atoms with Crippen LogP contribution < -0.4 is 5.32 Å². The maximum Gasteiger partial charge on any atom is 0.230 e. The first kappa shape index (κ1) is 17.6. The van der Waals surface area contributed by atoms with Gasteiger partial charge in [0.15, 0.2) is 8.29 Å². The highest BCUT2D eigenvalue weighted by molar-refractivity contribution is 8.01. The van der Waals surface area contributed by atoms with Crippen LogP contribution in [0.4, 0.5) is 0 Å². The van der Waals surface area contributed by atoms with E-state index in [4.69, 9.17) is 17.0 Å². The van der Waals surface area contributed by atoms with Crippen LogP contribution in [-0.2, 0) is 9.53 Å². The molecule has 1 N–H and O–H groups in total. The molecule has 1 saturated heterocycles. The number of aryl methyl sites for hydroxylation is 1. The van der Waals surface area contributed by atoms with Gasteiger partial charge < -0.3 is 10.1 Å². The van der Waals surface area contributed by atoms with Crippen LogP contribution in [0.5, 0.6) is 0 Å². The number of hydrogen-bond acceptors (Lipinski definition) is 6. The van der Waals surface area contributed by atoms with Crippen molar-refractivity contribution >= 4 is 41.2 Å². The lowest BCUT2D eigenvalue weighted by Gasteiger charge is -2.10. The molecule has 1 aromatic heterocycles. The van der Waals surface area contributed by atoms with Crippen LogP contribution in [0.15, 0.2) is 28.6 Å². The van der Waals surface area contributed by atoms with E-state index in [0.29, 0.717) is 16.3 Å². The summed E-state index contributed by atoms with van der Waals surface area (Å²) >= 11 is 8.25. The second-order valence-electron chi connectivity index (χ2n) is 5.56. The summed E-state index contributed by atoms with van der Waals surface area (Å²) in [5.74, 6) is 0.335. The average Bonchev–Trinajstić information content (AvgIpc) is 3.21. The smallest absolute Gasteiger partial charge is 0.230 e. The SMILES string of the molecule is Cc1ccccc1-n1nc(SCC(=O)NC[C@H]2CCCO2)sc1=S. The molecule has 1 aliphatic heterocycles. The number of rotatable bonds is 6. The van der Waals surface area contributed by atoms with Gasteiger partial charge in [0, 0.05) is 13.2 Å². The van der Waals surface area contributed by atoms with Gasteiger partial charge in [-0.25, -0.2) is 4.68 Å². The van der Waals surface area contributed by atoms with Crippen LogP contribution in [-0.4, -0.2) is 40.7 Å². The highest BCUT2D eigenvalue weighted by Crippen LogP contribution is 2.25. The third kappa shape index (κ3) is 4.44. The number of benzene rings is 1. The summed E-state index contributed by atoms with van der Waals surface area (Å²) in [6.45, 7) is 3.42. The van der Waals surface area contributed by atoms with E-state index in [9.17, 15) is 4.79 Å². The monoisotopic (exact) mass is 381 g/mol. The third-order valence-electron chi connectivity index (χ3n) is 3.75.